The summed E-state index contributed by atoms with van der Waals surface area (Å²) < 4.78 is 0. The van der Waals surface area contributed by atoms with Gasteiger partial charge in [-0.3, -0.25) is 0 Å². The minimum atomic E-state index is 1.01. The summed E-state index contributed by atoms with van der Waals surface area (Å²) in [7, 11) is 0. The lowest BCUT2D eigenvalue weighted by molar-refractivity contribution is 1.01. The molecule has 1 heteroatoms. The topological polar surface area (TPSA) is 3.24 Å². The molecule has 1 aromatic carbocycles. The summed E-state index contributed by atoms with van der Waals surface area (Å²) in [4.78, 5) is 2.23. The van der Waals surface area contributed by atoms with Crippen LogP contribution in [0.25, 0.3) is 0 Å². The first-order valence-corrected chi connectivity index (χ1v) is 4.74. The molecule has 0 aromatic heterocycles. The minimum absolute atomic E-state index is 1.01. The molecule has 0 radical (unpaired) electrons. The number of benzene rings is 1. The second-order valence-corrected chi connectivity index (χ2v) is 3.11. The zero-order chi connectivity index (χ0) is 9.68. The molecule has 0 spiro atoms. The van der Waals surface area contributed by atoms with Crippen LogP contribution in [0.2, 0.25) is 0 Å². The average molecular weight is 175 g/mol. The fourth-order valence-corrected chi connectivity index (χ4v) is 1.36. The Hall–Kier alpha value is -1.24. The van der Waals surface area contributed by atoms with Crippen molar-refractivity contribution in [3.8, 4) is 0 Å². The molecule has 0 aliphatic carbocycles. The van der Waals surface area contributed by atoms with Crippen LogP contribution in [0, 0.1) is 6.92 Å². The molecular formula is C12H17N. The largest absolute Gasteiger partial charge is 0.349 e. The molecule has 0 amide bonds. The van der Waals surface area contributed by atoms with Gasteiger partial charge in [-0.05, 0) is 44.7 Å². The van der Waals surface area contributed by atoms with Crippen molar-refractivity contribution in [3.63, 3.8) is 0 Å². The first kappa shape index (κ1) is 9.85. The molecule has 0 bridgehead atoms. The van der Waals surface area contributed by atoms with E-state index in [1.165, 1.54) is 11.3 Å². The van der Waals surface area contributed by atoms with Gasteiger partial charge in [0, 0.05) is 12.2 Å². The minimum Gasteiger partial charge on any atom is -0.349 e. The SMILES string of the molecule is C/C=C\N(CC)c1cccc(C)c1. The lowest BCUT2D eigenvalue weighted by Gasteiger charge is -2.18. The number of hydrogen-bond donors (Lipinski definition) is 0. The normalized spacial score (nSPS) is 10.7. The Kier molecular flexibility index (Phi) is 3.56. The van der Waals surface area contributed by atoms with E-state index in [-0.39, 0.29) is 0 Å². The van der Waals surface area contributed by atoms with E-state index < -0.39 is 0 Å². The molecule has 0 aliphatic heterocycles. The van der Waals surface area contributed by atoms with Crippen molar-refractivity contribution < 1.29 is 0 Å². The van der Waals surface area contributed by atoms with Gasteiger partial charge in [0.25, 0.3) is 0 Å². The quantitative estimate of drug-likeness (QED) is 0.681. The summed E-state index contributed by atoms with van der Waals surface area (Å²) >= 11 is 0. The van der Waals surface area contributed by atoms with Gasteiger partial charge in [-0.15, -0.1) is 0 Å². The molecule has 1 aromatic rings. The summed E-state index contributed by atoms with van der Waals surface area (Å²) in [5.41, 5.74) is 2.57. The van der Waals surface area contributed by atoms with Gasteiger partial charge in [-0.2, -0.15) is 0 Å². The van der Waals surface area contributed by atoms with Crippen molar-refractivity contribution >= 4 is 5.69 Å². The summed E-state index contributed by atoms with van der Waals surface area (Å²) in [6.07, 6.45) is 4.17. The first-order chi connectivity index (χ1) is 6.27. The summed E-state index contributed by atoms with van der Waals surface area (Å²) in [6, 6.07) is 8.55. The van der Waals surface area contributed by atoms with Crippen molar-refractivity contribution in [2.75, 3.05) is 11.4 Å². The Labute approximate surface area is 80.7 Å². The third-order valence-electron chi connectivity index (χ3n) is 2.00. The van der Waals surface area contributed by atoms with E-state index in [2.05, 4.69) is 55.3 Å². The molecule has 0 aliphatic rings. The molecule has 0 saturated heterocycles. The van der Waals surface area contributed by atoms with E-state index >= 15 is 0 Å². The van der Waals surface area contributed by atoms with E-state index in [9.17, 15) is 0 Å². The monoisotopic (exact) mass is 175 g/mol. The number of hydrogen-bond acceptors (Lipinski definition) is 1. The Morgan fingerprint density at radius 2 is 2.15 bits per heavy atom. The second kappa shape index (κ2) is 4.70. The van der Waals surface area contributed by atoms with Gasteiger partial charge >= 0.3 is 0 Å². The maximum Gasteiger partial charge on any atom is 0.0408 e. The second-order valence-electron chi connectivity index (χ2n) is 3.11. The van der Waals surface area contributed by atoms with Gasteiger partial charge in [0.05, 0.1) is 0 Å². The Balaban J connectivity index is 2.91. The maximum absolute atomic E-state index is 2.23. The molecule has 0 atom stereocenters. The van der Waals surface area contributed by atoms with Crippen molar-refractivity contribution in [2.24, 2.45) is 0 Å². The van der Waals surface area contributed by atoms with Crippen molar-refractivity contribution in [3.05, 3.63) is 42.1 Å². The van der Waals surface area contributed by atoms with Crippen molar-refractivity contribution in [1.82, 2.24) is 0 Å². The van der Waals surface area contributed by atoms with Crippen LogP contribution in [0.1, 0.15) is 19.4 Å². The predicted molar refractivity (Wildman–Crippen MR) is 59.0 cm³/mol. The number of allylic oxidation sites excluding steroid dienone is 1. The van der Waals surface area contributed by atoms with Crippen LogP contribution < -0.4 is 4.90 Å². The van der Waals surface area contributed by atoms with Crippen LogP contribution >= 0.6 is 0 Å². The Morgan fingerprint density at radius 3 is 2.69 bits per heavy atom. The lowest BCUT2D eigenvalue weighted by atomic mass is 10.2. The van der Waals surface area contributed by atoms with Crippen molar-refractivity contribution in [2.45, 2.75) is 20.8 Å². The lowest BCUT2D eigenvalue weighted by Crippen LogP contribution is -2.14. The number of aryl methyl sites for hydroxylation is 1. The molecule has 0 N–H and O–H groups in total. The maximum atomic E-state index is 2.23. The highest BCUT2D eigenvalue weighted by atomic mass is 15.1. The van der Waals surface area contributed by atoms with Crippen LogP contribution in [0.3, 0.4) is 0 Å². The van der Waals surface area contributed by atoms with Crippen LogP contribution in [0.5, 0.6) is 0 Å². The molecule has 0 unspecified atom stereocenters. The molecule has 0 fully saturated rings. The van der Waals surface area contributed by atoms with Crippen molar-refractivity contribution in [1.29, 1.82) is 0 Å². The van der Waals surface area contributed by atoms with E-state index in [1.54, 1.807) is 0 Å². The van der Waals surface area contributed by atoms with Gasteiger partial charge in [0.2, 0.25) is 0 Å². The number of rotatable bonds is 3. The predicted octanol–water partition coefficient (Wildman–Crippen LogP) is 3.35. The van der Waals surface area contributed by atoms with Gasteiger partial charge in [-0.25, -0.2) is 0 Å². The fourth-order valence-electron chi connectivity index (χ4n) is 1.36. The molecular weight excluding hydrogens is 158 g/mol. The number of nitrogens with zero attached hydrogens (tertiary/aromatic N) is 1. The zero-order valence-electron chi connectivity index (χ0n) is 8.62. The molecule has 1 rings (SSSR count). The standard InChI is InChI=1S/C12H17N/c1-4-9-13(5-2)12-8-6-7-11(3)10-12/h4,6-10H,5H2,1-3H3/b9-4-. The summed E-state index contributed by atoms with van der Waals surface area (Å²) in [5.74, 6) is 0. The molecule has 0 heterocycles. The first-order valence-electron chi connectivity index (χ1n) is 4.74. The van der Waals surface area contributed by atoms with E-state index in [4.69, 9.17) is 0 Å². The highest BCUT2D eigenvalue weighted by Crippen LogP contribution is 2.15. The molecule has 70 valence electrons. The fraction of sp³-hybridized carbons (Fsp3) is 0.333. The molecule has 0 saturated carbocycles. The van der Waals surface area contributed by atoms with E-state index in [0.717, 1.165) is 6.54 Å². The van der Waals surface area contributed by atoms with Crippen LogP contribution in [0.4, 0.5) is 5.69 Å². The van der Waals surface area contributed by atoms with Crippen LogP contribution in [0.15, 0.2) is 36.5 Å². The van der Waals surface area contributed by atoms with Gasteiger partial charge in [0.1, 0.15) is 0 Å². The third kappa shape index (κ3) is 2.62. The zero-order valence-corrected chi connectivity index (χ0v) is 8.62. The Morgan fingerprint density at radius 1 is 1.38 bits per heavy atom. The summed E-state index contributed by atoms with van der Waals surface area (Å²) in [6.45, 7) is 7.32. The third-order valence-corrected chi connectivity index (χ3v) is 2.00. The molecule has 13 heavy (non-hydrogen) atoms. The highest BCUT2D eigenvalue weighted by molar-refractivity contribution is 5.50. The number of anilines is 1. The summed E-state index contributed by atoms with van der Waals surface area (Å²) in [5, 5.41) is 0. The van der Waals surface area contributed by atoms with Gasteiger partial charge in [0.15, 0.2) is 0 Å². The van der Waals surface area contributed by atoms with Gasteiger partial charge < -0.3 is 4.90 Å². The Bertz CT molecular complexity index is 289. The van der Waals surface area contributed by atoms with Crippen LogP contribution in [-0.2, 0) is 0 Å². The highest BCUT2D eigenvalue weighted by Gasteiger charge is 1.98. The van der Waals surface area contributed by atoms with E-state index in [0.29, 0.717) is 0 Å². The van der Waals surface area contributed by atoms with Crippen LogP contribution in [-0.4, -0.2) is 6.54 Å². The molecule has 1 nitrogen and oxygen atoms in total. The van der Waals surface area contributed by atoms with Gasteiger partial charge in [-0.1, -0.05) is 18.2 Å². The smallest absolute Gasteiger partial charge is 0.0408 e. The van der Waals surface area contributed by atoms with E-state index in [1.807, 2.05) is 6.92 Å². The average Bonchev–Trinajstić information content (AvgIpc) is 2.14.